The van der Waals surface area contributed by atoms with Crippen molar-refractivity contribution in [1.82, 2.24) is 8.75 Å². The lowest BCUT2D eigenvalue weighted by atomic mass is 10.3. The number of hydrogen-bond acceptors (Lipinski definition) is 5. The number of halogens is 1. The zero-order valence-electron chi connectivity index (χ0n) is 7.90. The Morgan fingerprint density at radius 3 is 2.93 bits per heavy atom. The van der Waals surface area contributed by atoms with Crippen LogP contribution in [0.25, 0.3) is 0 Å². The highest BCUT2D eigenvalue weighted by molar-refractivity contribution is 6.99. The maximum atomic E-state index is 5.81. The van der Waals surface area contributed by atoms with Gasteiger partial charge in [-0.2, -0.15) is 8.75 Å². The van der Waals surface area contributed by atoms with Crippen LogP contribution in [0.5, 0.6) is 5.75 Å². The average Bonchev–Trinajstić information content (AvgIpc) is 2.65. The Morgan fingerprint density at radius 1 is 1.40 bits per heavy atom. The fraction of sp³-hybridized carbons (Fsp3) is 0.111. The van der Waals surface area contributed by atoms with Crippen molar-refractivity contribution in [1.29, 1.82) is 0 Å². The van der Waals surface area contributed by atoms with Gasteiger partial charge < -0.3 is 10.1 Å². The van der Waals surface area contributed by atoms with E-state index in [1.165, 1.54) is 0 Å². The smallest absolute Gasteiger partial charge is 0.187 e. The molecule has 0 saturated carbocycles. The SMILES string of the molecule is COc1cccc(Nc2nsnc2Cl)c1. The summed E-state index contributed by atoms with van der Waals surface area (Å²) in [4.78, 5) is 0. The van der Waals surface area contributed by atoms with Crippen LogP contribution < -0.4 is 10.1 Å². The summed E-state index contributed by atoms with van der Waals surface area (Å²) in [5, 5.41) is 3.43. The van der Waals surface area contributed by atoms with Crippen molar-refractivity contribution in [2.24, 2.45) is 0 Å². The fourth-order valence-electron chi connectivity index (χ4n) is 1.09. The van der Waals surface area contributed by atoms with Crippen LogP contribution in [0.4, 0.5) is 11.5 Å². The molecule has 78 valence electrons. The summed E-state index contributed by atoms with van der Waals surface area (Å²) in [6, 6.07) is 7.51. The van der Waals surface area contributed by atoms with Gasteiger partial charge in [0.2, 0.25) is 0 Å². The molecule has 1 aromatic carbocycles. The van der Waals surface area contributed by atoms with E-state index in [0.29, 0.717) is 11.0 Å². The van der Waals surface area contributed by atoms with Gasteiger partial charge in [-0.25, -0.2) is 0 Å². The molecule has 1 heterocycles. The summed E-state index contributed by atoms with van der Waals surface area (Å²) in [5.41, 5.74) is 0.865. The molecule has 0 saturated heterocycles. The van der Waals surface area contributed by atoms with Gasteiger partial charge in [0.15, 0.2) is 11.0 Å². The molecule has 0 spiro atoms. The largest absolute Gasteiger partial charge is 0.497 e. The van der Waals surface area contributed by atoms with Crippen LogP contribution >= 0.6 is 23.3 Å². The van der Waals surface area contributed by atoms with Crippen molar-refractivity contribution in [2.75, 3.05) is 12.4 Å². The Bertz CT molecular complexity index is 460. The zero-order valence-corrected chi connectivity index (χ0v) is 9.47. The first-order chi connectivity index (χ1) is 7.29. The minimum absolute atomic E-state index is 0.378. The van der Waals surface area contributed by atoms with Gasteiger partial charge in [-0.1, -0.05) is 17.7 Å². The Balaban J connectivity index is 2.21. The molecule has 0 bridgehead atoms. The molecule has 0 aliphatic carbocycles. The Kier molecular flexibility index (Phi) is 3.03. The number of hydrogen-bond donors (Lipinski definition) is 1. The van der Waals surface area contributed by atoms with E-state index in [1.807, 2.05) is 24.3 Å². The van der Waals surface area contributed by atoms with Crippen molar-refractivity contribution >= 4 is 34.8 Å². The van der Waals surface area contributed by atoms with E-state index in [1.54, 1.807) is 7.11 Å². The fourth-order valence-corrected chi connectivity index (χ4v) is 1.73. The normalized spacial score (nSPS) is 10.0. The number of nitrogens with zero attached hydrogens (tertiary/aromatic N) is 2. The first-order valence-electron chi connectivity index (χ1n) is 4.19. The van der Waals surface area contributed by atoms with Gasteiger partial charge in [0.1, 0.15) is 5.75 Å². The average molecular weight is 242 g/mol. The minimum atomic E-state index is 0.378. The standard InChI is InChI=1S/C9H8ClN3OS/c1-14-7-4-2-3-6(5-7)11-9-8(10)12-15-13-9/h2-5H,1H3,(H,11,13). The molecular formula is C9H8ClN3OS. The summed E-state index contributed by atoms with van der Waals surface area (Å²) in [5.74, 6) is 1.34. The molecule has 1 aromatic heterocycles. The molecular weight excluding hydrogens is 234 g/mol. The molecule has 0 amide bonds. The van der Waals surface area contributed by atoms with E-state index >= 15 is 0 Å². The van der Waals surface area contributed by atoms with Gasteiger partial charge >= 0.3 is 0 Å². The van der Waals surface area contributed by atoms with Gasteiger partial charge in [0.25, 0.3) is 0 Å². The third-order valence-corrected chi connectivity index (χ3v) is 2.67. The van der Waals surface area contributed by atoms with Crippen molar-refractivity contribution in [3.05, 3.63) is 29.4 Å². The second-order valence-corrected chi connectivity index (χ2v) is 3.65. The molecule has 0 atom stereocenters. The summed E-state index contributed by atoms with van der Waals surface area (Å²) in [7, 11) is 1.62. The minimum Gasteiger partial charge on any atom is -0.497 e. The van der Waals surface area contributed by atoms with Gasteiger partial charge in [-0.3, -0.25) is 0 Å². The third-order valence-electron chi connectivity index (χ3n) is 1.78. The predicted molar refractivity (Wildman–Crippen MR) is 61.2 cm³/mol. The topological polar surface area (TPSA) is 47.0 Å². The molecule has 15 heavy (non-hydrogen) atoms. The van der Waals surface area contributed by atoms with Crippen LogP contribution in [0.1, 0.15) is 0 Å². The molecule has 0 aliphatic rings. The molecule has 1 N–H and O–H groups in total. The zero-order chi connectivity index (χ0) is 10.7. The molecule has 0 aliphatic heterocycles. The van der Waals surface area contributed by atoms with Crippen molar-refractivity contribution in [3.63, 3.8) is 0 Å². The summed E-state index contributed by atoms with van der Waals surface area (Å²) >= 11 is 6.88. The Morgan fingerprint density at radius 2 is 2.27 bits per heavy atom. The monoisotopic (exact) mass is 241 g/mol. The first-order valence-corrected chi connectivity index (χ1v) is 5.29. The summed E-state index contributed by atoms with van der Waals surface area (Å²) in [6.07, 6.45) is 0. The lowest BCUT2D eigenvalue weighted by Gasteiger charge is -2.04. The number of nitrogens with one attached hydrogen (secondary N) is 1. The molecule has 4 nitrogen and oxygen atoms in total. The number of ether oxygens (including phenoxy) is 1. The number of aromatic nitrogens is 2. The predicted octanol–water partition coefficient (Wildman–Crippen LogP) is 2.94. The van der Waals surface area contributed by atoms with E-state index < -0.39 is 0 Å². The highest BCUT2D eigenvalue weighted by atomic mass is 35.5. The number of anilines is 2. The highest BCUT2D eigenvalue weighted by Crippen LogP contribution is 2.24. The van der Waals surface area contributed by atoms with Crippen molar-refractivity contribution in [2.45, 2.75) is 0 Å². The van der Waals surface area contributed by atoms with Crippen LogP contribution in [0.15, 0.2) is 24.3 Å². The van der Waals surface area contributed by atoms with E-state index in [0.717, 1.165) is 23.2 Å². The van der Waals surface area contributed by atoms with E-state index in [2.05, 4.69) is 14.1 Å². The van der Waals surface area contributed by atoms with Crippen molar-refractivity contribution < 1.29 is 4.74 Å². The highest BCUT2D eigenvalue weighted by Gasteiger charge is 2.05. The molecule has 2 aromatic rings. The van der Waals surface area contributed by atoms with Crippen LogP contribution in [-0.4, -0.2) is 15.9 Å². The number of benzene rings is 1. The lowest BCUT2D eigenvalue weighted by molar-refractivity contribution is 0.415. The van der Waals surface area contributed by atoms with E-state index in [-0.39, 0.29) is 0 Å². The van der Waals surface area contributed by atoms with Crippen LogP contribution in [0.2, 0.25) is 5.15 Å². The molecule has 2 rings (SSSR count). The van der Waals surface area contributed by atoms with Crippen LogP contribution in [0.3, 0.4) is 0 Å². The van der Waals surface area contributed by atoms with E-state index in [9.17, 15) is 0 Å². The van der Waals surface area contributed by atoms with Gasteiger partial charge in [-0.05, 0) is 12.1 Å². The second kappa shape index (κ2) is 4.46. The summed E-state index contributed by atoms with van der Waals surface area (Å²) < 4.78 is 13.0. The first kappa shape index (κ1) is 10.2. The van der Waals surface area contributed by atoms with Crippen molar-refractivity contribution in [3.8, 4) is 5.75 Å². The van der Waals surface area contributed by atoms with Gasteiger partial charge in [0.05, 0.1) is 18.8 Å². The van der Waals surface area contributed by atoms with E-state index in [4.69, 9.17) is 16.3 Å². The maximum absolute atomic E-state index is 5.81. The Hall–Kier alpha value is -1.33. The summed E-state index contributed by atoms with van der Waals surface area (Å²) in [6.45, 7) is 0. The maximum Gasteiger partial charge on any atom is 0.187 e. The van der Waals surface area contributed by atoms with Gasteiger partial charge in [-0.15, -0.1) is 0 Å². The Labute approximate surface area is 96.2 Å². The third kappa shape index (κ3) is 2.37. The number of rotatable bonds is 3. The number of methoxy groups -OCH3 is 1. The molecule has 6 heteroatoms. The molecule has 0 radical (unpaired) electrons. The second-order valence-electron chi connectivity index (χ2n) is 2.76. The molecule has 0 unspecified atom stereocenters. The lowest BCUT2D eigenvalue weighted by Crippen LogP contribution is -1.91. The van der Waals surface area contributed by atoms with Gasteiger partial charge in [0, 0.05) is 11.8 Å². The van der Waals surface area contributed by atoms with Crippen LogP contribution in [0, 0.1) is 0 Å². The van der Waals surface area contributed by atoms with Crippen LogP contribution in [-0.2, 0) is 0 Å². The molecule has 0 fully saturated rings. The quantitative estimate of drug-likeness (QED) is 0.898.